The predicted octanol–water partition coefficient (Wildman–Crippen LogP) is 3.95. The number of nitrogens with one attached hydrogen (secondary N) is 2. The molecule has 2 aliphatic rings. The molecule has 6 rings (SSSR count). The Balaban J connectivity index is 1.27. The lowest BCUT2D eigenvalue weighted by molar-refractivity contribution is -0.171. The number of rotatable bonds is 13. The van der Waals surface area contributed by atoms with Gasteiger partial charge >= 0.3 is 0 Å². The molecule has 12 heteroatoms. The summed E-state index contributed by atoms with van der Waals surface area (Å²) < 4.78 is 13.6. The molecule has 0 unspecified atom stereocenters. The van der Waals surface area contributed by atoms with Crippen LogP contribution in [-0.2, 0) is 45.1 Å². The highest BCUT2D eigenvalue weighted by Gasteiger charge is 2.44. The van der Waals surface area contributed by atoms with E-state index in [1.54, 1.807) is 48.5 Å². The van der Waals surface area contributed by atoms with E-state index in [0.717, 1.165) is 31.2 Å². The lowest BCUT2D eigenvalue weighted by Gasteiger charge is -2.32. The van der Waals surface area contributed by atoms with Gasteiger partial charge in [0.2, 0.25) is 0 Å². The summed E-state index contributed by atoms with van der Waals surface area (Å²) >= 11 is 6.85. The minimum Gasteiger partial charge on any atom is -0.390 e. The van der Waals surface area contributed by atoms with Crippen LogP contribution in [0.1, 0.15) is 45.5 Å². The highest BCUT2D eigenvalue weighted by Crippen LogP contribution is 2.33. The Bertz CT molecular complexity index is 1690. The summed E-state index contributed by atoms with van der Waals surface area (Å²) in [5.41, 5.74) is 4.59. The zero-order chi connectivity index (χ0) is 35.4. The second kappa shape index (κ2) is 16.3. The SMILES string of the molecule is O=C(N[C@H]1c2ccccc2C[C@H]1O)[C@H](OCc1cccc(Br)c1)[C@H](O)[C@@H](O)[C@@H](OCc1cccc(Br)c1)C(=O)N[C@H]1c2ccccc2C[C@H]1O. The first-order chi connectivity index (χ1) is 24.1. The van der Waals surface area contributed by atoms with Crippen molar-refractivity contribution in [3.8, 4) is 0 Å². The van der Waals surface area contributed by atoms with E-state index in [2.05, 4.69) is 42.5 Å². The van der Waals surface area contributed by atoms with E-state index in [4.69, 9.17) is 9.47 Å². The molecule has 4 aromatic carbocycles. The van der Waals surface area contributed by atoms with Gasteiger partial charge in [-0.3, -0.25) is 9.59 Å². The van der Waals surface area contributed by atoms with E-state index >= 15 is 0 Å². The van der Waals surface area contributed by atoms with Gasteiger partial charge in [-0.1, -0.05) is 105 Å². The average molecular weight is 811 g/mol. The second-order valence-electron chi connectivity index (χ2n) is 12.6. The van der Waals surface area contributed by atoms with Crippen LogP contribution in [0, 0.1) is 0 Å². The molecule has 0 saturated heterocycles. The molecule has 0 aliphatic heterocycles. The van der Waals surface area contributed by atoms with Gasteiger partial charge in [-0.25, -0.2) is 0 Å². The highest BCUT2D eigenvalue weighted by molar-refractivity contribution is 9.10. The minimum absolute atomic E-state index is 0.119. The molecule has 0 heterocycles. The fourth-order valence-corrected chi connectivity index (χ4v) is 7.50. The molecule has 8 atom stereocenters. The Morgan fingerprint density at radius 1 is 0.640 bits per heavy atom. The highest BCUT2D eigenvalue weighted by atomic mass is 79.9. The number of aliphatic hydroxyl groups excluding tert-OH is 4. The van der Waals surface area contributed by atoms with Gasteiger partial charge in [-0.15, -0.1) is 0 Å². The van der Waals surface area contributed by atoms with Crippen molar-refractivity contribution < 1.29 is 39.5 Å². The van der Waals surface area contributed by atoms with E-state index in [9.17, 15) is 30.0 Å². The Morgan fingerprint density at radius 3 is 1.44 bits per heavy atom. The molecular formula is C38H38Br2N2O8. The maximum absolute atomic E-state index is 13.9. The van der Waals surface area contributed by atoms with Gasteiger partial charge in [0.15, 0.2) is 12.2 Å². The Kier molecular flexibility index (Phi) is 11.8. The first-order valence-corrected chi connectivity index (χ1v) is 17.9. The minimum atomic E-state index is -1.96. The molecule has 2 amide bonds. The van der Waals surface area contributed by atoms with Crippen LogP contribution in [-0.4, -0.2) is 68.9 Å². The van der Waals surface area contributed by atoms with Gasteiger partial charge in [0.25, 0.3) is 11.8 Å². The summed E-state index contributed by atoms with van der Waals surface area (Å²) in [6.45, 7) is -0.238. The van der Waals surface area contributed by atoms with Gasteiger partial charge in [-0.05, 0) is 57.6 Å². The monoisotopic (exact) mass is 808 g/mol. The van der Waals surface area contributed by atoms with Crippen LogP contribution in [0.2, 0.25) is 0 Å². The maximum Gasteiger partial charge on any atom is 0.252 e. The van der Waals surface area contributed by atoms with Gasteiger partial charge in [0, 0.05) is 21.8 Å². The molecule has 0 bridgehead atoms. The quantitative estimate of drug-likeness (QED) is 0.119. The van der Waals surface area contributed by atoms with Crippen LogP contribution in [0.25, 0.3) is 0 Å². The third-order valence-electron chi connectivity index (χ3n) is 9.13. The number of carbonyl (C=O) groups excluding carboxylic acids is 2. The fraction of sp³-hybridized carbons (Fsp3) is 0.316. The standard InChI is InChI=1S/C38H38Br2N2O8/c39-25-11-5-7-21(15-25)19-49-35(37(47)41-31-27-13-3-1-9-23(27)17-29(31)43)33(45)34(46)36(50-20-22-8-6-12-26(40)16-22)38(48)42-32-28-14-4-2-10-24(28)18-30(32)44/h1-16,29-36,43-46H,17-20H2,(H,41,47)(H,42,48)/t29-,30-,31+,32+,33-,34-,35-,36-/m1/s1. The molecule has 4 aromatic rings. The number of amides is 2. The number of halogens is 2. The van der Waals surface area contributed by atoms with E-state index in [-0.39, 0.29) is 13.2 Å². The molecular weight excluding hydrogens is 772 g/mol. The number of ether oxygens (including phenoxy) is 2. The van der Waals surface area contributed by atoms with Crippen molar-refractivity contribution in [3.05, 3.63) is 139 Å². The van der Waals surface area contributed by atoms with Crippen LogP contribution >= 0.6 is 31.9 Å². The number of hydrogen-bond donors (Lipinski definition) is 6. The van der Waals surface area contributed by atoms with Gasteiger partial charge in [0.05, 0.1) is 37.5 Å². The number of fused-ring (bicyclic) bond motifs is 2. The summed E-state index contributed by atoms with van der Waals surface area (Å²) in [5.74, 6) is -1.59. The second-order valence-corrected chi connectivity index (χ2v) is 14.4. The van der Waals surface area contributed by atoms with Crippen molar-refractivity contribution >= 4 is 43.7 Å². The summed E-state index contributed by atoms with van der Waals surface area (Å²) in [6.07, 6.45) is -8.48. The number of hydrogen-bond acceptors (Lipinski definition) is 8. The molecule has 10 nitrogen and oxygen atoms in total. The first kappa shape index (κ1) is 36.3. The molecule has 0 aromatic heterocycles. The van der Waals surface area contributed by atoms with Gasteiger partial charge in [0.1, 0.15) is 12.2 Å². The van der Waals surface area contributed by atoms with Crippen LogP contribution in [0.3, 0.4) is 0 Å². The molecule has 0 spiro atoms. The first-order valence-electron chi connectivity index (χ1n) is 16.3. The lowest BCUT2D eigenvalue weighted by atomic mass is 9.99. The maximum atomic E-state index is 13.9. The molecule has 50 heavy (non-hydrogen) atoms. The summed E-state index contributed by atoms with van der Waals surface area (Å²) in [7, 11) is 0. The predicted molar refractivity (Wildman–Crippen MR) is 192 cm³/mol. The average Bonchev–Trinajstić information content (AvgIpc) is 3.59. The fourth-order valence-electron chi connectivity index (χ4n) is 6.61. The van der Waals surface area contributed by atoms with E-state index in [1.807, 2.05) is 48.5 Å². The van der Waals surface area contributed by atoms with Crippen molar-refractivity contribution in [2.24, 2.45) is 0 Å². The van der Waals surface area contributed by atoms with Crippen LogP contribution in [0.4, 0.5) is 0 Å². The number of aliphatic hydroxyl groups is 4. The van der Waals surface area contributed by atoms with Crippen LogP contribution < -0.4 is 10.6 Å². The number of benzene rings is 4. The van der Waals surface area contributed by atoms with Gasteiger partial charge in [-0.2, -0.15) is 0 Å². The lowest BCUT2D eigenvalue weighted by Crippen LogP contribution is -2.57. The number of carbonyl (C=O) groups is 2. The normalized spacial score (nSPS) is 21.8. The molecule has 2 aliphatic carbocycles. The van der Waals surface area contributed by atoms with E-state index in [0.29, 0.717) is 24.0 Å². The van der Waals surface area contributed by atoms with Gasteiger partial charge < -0.3 is 40.5 Å². The molecule has 262 valence electrons. The molecule has 0 saturated carbocycles. The smallest absolute Gasteiger partial charge is 0.252 e. The summed E-state index contributed by atoms with van der Waals surface area (Å²) in [4.78, 5) is 27.9. The Hall–Kier alpha value is -3.46. The van der Waals surface area contributed by atoms with Crippen molar-refractivity contribution in [3.63, 3.8) is 0 Å². The van der Waals surface area contributed by atoms with Crippen molar-refractivity contribution in [2.75, 3.05) is 0 Å². The molecule has 0 fully saturated rings. The van der Waals surface area contributed by atoms with E-state index in [1.165, 1.54) is 0 Å². The largest absolute Gasteiger partial charge is 0.390 e. The third kappa shape index (κ3) is 8.35. The zero-order valence-electron chi connectivity index (χ0n) is 26.9. The van der Waals surface area contributed by atoms with E-state index < -0.39 is 60.5 Å². The van der Waals surface area contributed by atoms with Crippen LogP contribution in [0.5, 0.6) is 0 Å². The Morgan fingerprint density at radius 2 is 1.04 bits per heavy atom. The van der Waals surface area contributed by atoms with Crippen molar-refractivity contribution in [1.29, 1.82) is 0 Å². The topological polar surface area (TPSA) is 158 Å². The third-order valence-corrected chi connectivity index (χ3v) is 10.1. The summed E-state index contributed by atoms with van der Waals surface area (Å²) in [5, 5.41) is 50.7. The van der Waals surface area contributed by atoms with Crippen molar-refractivity contribution in [1.82, 2.24) is 10.6 Å². The zero-order valence-corrected chi connectivity index (χ0v) is 30.0. The molecule has 0 radical (unpaired) electrons. The Labute approximate surface area is 306 Å². The molecule has 6 N–H and O–H groups in total. The van der Waals surface area contributed by atoms with Crippen LogP contribution in [0.15, 0.2) is 106 Å². The van der Waals surface area contributed by atoms with Crippen molar-refractivity contribution in [2.45, 2.75) is 74.8 Å². The summed E-state index contributed by atoms with van der Waals surface area (Å²) in [6, 6.07) is 27.5.